The van der Waals surface area contributed by atoms with Crippen LogP contribution in [0.3, 0.4) is 0 Å². The van der Waals surface area contributed by atoms with Crippen LogP contribution < -0.4 is 24.3 Å². The number of methoxy groups -OCH3 is 3. The summed E-state index contributed by atoms with van der Waals surface area (Å²) in [6.45, 7) is 6.12. The lowest BCUT2D eigenvalue weighted by molar-refractivity contribution is 0.0953. The van der Waals surface area contributed by atoms with Crippen LogP contribution in [0.1, 0.15) is 40.2 Å². The number of hydrogen-bond donors (Lipinski definition) is 1. The molecule has 0 saturated heterocycles. The maximum absolute atomic E-state index is 12.9. The molecule has 8 nitrogen and oxygen atoms in total. The van der Waals surface area contributed by atoms with Crippen molar-refractivity contribution in [3.8, 4) is 23.0 Å². The van der Waals surface area contributed by atoms with Gasteiger partial charge in [-0.05, 0) is 68.1 Å². The summed E-state index contributed by atoms with van der Waals surface area (Å²) in [6.07, 6.45) is 2.48. The molecular formula is C31H37N3O5. The molecule has 0 atom stereocenters. The highest BCUT2D eigenvalue weighted by Gasteiger charge is 2.17. The van der Waals surface area contributed by atoms with E-state index in [-0.39, 0.29) is 5.91 Å². The number of benzene rings is 3. The third-order valence-electron chi connectivity index (χ3n) is 6.88. The Morgan fingerprint density at radius 3 is 2.36 bits per heavy atom. The highest BCUT2D eigenvalue weighted by atomic mass is 16.5. The van der Waals surface area contributed by atoms with Crippen molar-refractivity contribution < 1.29 is 23.7 Å². The number of carbonyl (C=O) groups excluding carboxylic acids is 1. The van der Waals surface area contributed by atoms with Gasteiger partial charge in [-0.2, -0.15) is 0 Å². The molecule has 0 aliphatic heterocycles. The summed E-state index contributed by atoms with van der Waals surface area (Å²) in [7, 11) is 4.59. The summed E-state index contributed by atoms with van der Waals surface area (Å²) in [4.78, 5) is 17.8. The van der Waals surface area contributed by atoms with Crippen LogP contribution in [0.25, 0.3) is 11.0 Å². The smallest absolute Gasteiger partial charge is 0.251 e. The number of fused-ring (bicyclic) bond motifs is 1. The standard InChI is InChI=1S/C31H37N3O5/c1-21-11-10-14-26(22(21)2)39-18-9-8-17-34-25-13-7-6-12-24(25)33-29(34)15-16-32-31(35)23-19-27(36-3)30(38-5)28(20-23)37-4/h6-7,10-14,19-20H,8-9,15-18H2,1-5H3,(H,32,35). The Bertz CT molecular complexity index is 1400. The number of nitrogens with one attached hydrogen (secondary N) is 1. The van der Waals surface area contributed by atoms with E-state index in [1.54, 1.807) is 12.1 Å². The molecule has 39 heavy (non-hydrogen) atoms. The van der Waals surface area contributed by atoms with Crippen molar-refractivity contribution in [1.29, 1.82) is 0 Å². The van der Waals surface area contributed by atoms with Gasteiger partial charge in [0.25, 0.3) is 5.91 Å². The van der Waals surface area contributed by atoms with Crippen LogP contribution in [0.2, 0.25) is 0 Å². The second-order valence-electron chi connectivity index (χ2n) is 9.34. The lowest BCUT2D eigenvalue weighted by Gasteiger charge is -2.14. The van der Waals surface area contributed by atoms with E-state index in [1.165, 1.54) is 32.5 Å². The molecule has 8 heteroatoms. The Kier molecular flexibility index (Phi) is 9.31. The summed E-state index contributed by atoms with van der Waals surface area (Å²) < 4.78 is 24.4. The zero-order valence-corrected chi connectivity index (χ0v) is 23.4. The van der Waals surface area contributed by atoms with Crippen molar-refractivity contribution in [3.05, 3.63) is 77.1 Å². The third-order valence-corrected chi connectivity index (χ3v) is 6.88. The number of amides is 1. The first-order valence-corrected chi connectivity index (χ1v) is 13.2. The van der Waals surface area contributed by atoms with E-state index in [0.717, 1.165) is 42.0 Å². The zero-order valence-electron chi connectivity index (χ0n) is 23.4. The highest BCUT2D eigenvalue weighted by Crippen LogP contribution is 2.38. The van der Waals surface area contributed by atoms with E-state index < -0.39 is 0 Å². The lowest BCUT2D eigenvalue weighted by Crippen LogP contribution is -2.26. The van der Waals surface area contributed by atoms with Crippen LogP contribution in [0, 0.1) is 13.8 Å². The molecule has 1 heterocycles. The monoisotopic (exact) mass is 531 g/mol. The number of nitrogens with zero attached hydrogens (tertiary/aromatic N) is 2. The topological polar surface area (TPSA) is 83.8 Å². The summed E-state index contributed by atoms with van der Waals surface area (Å²) >= 11 is 0. The summed E-state index contributed by atoms with van der Waals surface area (Å²) in [5.41, 5.74) is 4.91. The maximum atomic E-state index is 12.9. The lowest BCUT2D eigenvalue weighted by atomic mass is 10.1. The van der Waals surface area contributed by atoms with Crippen LogP contribution in [-0.4, -0.2) is 49.9 Å². The van der Waals surface area contributed by atoms with E-state index in [1.807, 2.05) is 30.3 Å². The number of aryl methyl sites for hydroxylation is 2. The second kappa shape index (κ2) is 13.0. The highest BCUT2D eigenvalue weighted by molar-refractivity contribution is 5.95. The summed E-state index contributed by atoms with van der Waals surface area (Å²) in [5.74, 6) is 2.99. The van der Waals surface area contributed by atoms with E-state index in [0.29, 0.717) is 42.4 Å². The fourth-order valence-corrected chi connectivity index (χ4v) is 4.60. The van der Waals surface area contributed by atoms with Gasteiger partial charge in [0.15, 0.2) is 11.5 Å². The van der Waals surface area contributed by atoms with Gasteiger partial charge in [-0.25, -0.2) is 4.98 Å². The van der Waals surface area contributed by atoms with Gasteiger partial charge in [-0.15, -0.1) is 0 Å². The van der Waals surface area contributed by atoms with Crippen LogP contribution >= 0.6 is 0 Å². The Morgan fingerprint density at radius 2 is 1.64 bits per heavy atom. The molecule has 1 aromatic heterocycles. The van der Waals surface area contributed by atoms with Gasteiger partial charge in [-0.3, -0.25) is 4.79 Å². The first-order valence-electron chi connectivity index (χ1n) is 13.2. The zero-order chi connectivity index (χ0) is 27.8. The van der Waals surface area contributed by atoms with Crippen molar-refractivity contribution in [2.24, 2.45) is 0 Å². The van der Waals surface area contributed by atoms with Gasteiger partial charge in [0.2, 0.25) is 5.75 Å². The van der Waals surface area contributed by atoms with Crippen molar-refractivity contribution in [3.63, 3.8) is 0 Å². The molecule has 1 amide bonds. The Balaban J connectivity index is 1.37. The molecular weight excluding hydrogens is 494 g/mol. The van der Waals surface area contributed by atoms with E-state index >= 15 is 0 Å². The molecule has 206 valence electrons. The molecule has 0 fully saturated rings. The maximum Gasteiger partial charge on any atom is 0.251 e. The fourth-order valence-electron chi connectivity index (χ4n) is 4.60. The van der Waals surface area contributed by atoms with Crippen molar-refractivity contribution in [2.75, 3.05) is 34.5 Å². The van der Waals surface area contributed by atoms with Gasteiger partial charge < -0.3 is 28.8 Å². The van der Waals surface area contributed by atoms with Crippen molar-refractivity contribution in [2.45, 2.75) is 39.7 Å². The average Bonchev–Trinajstić information content (AvgIpc) is 3.31. The molecule has 4 aromatic rings. The number of rotatable bonds is 13. The van der Waals surface area contributed by atoms with Crippen LogP contribution in [-0.2, 0) is 13.0 Å². The van der Waals surface area contributed by atoms with E-state index in [2.05, 4.69) is 35.9 Å². The summed E-state index contributed by atoms with van der Waals surface area (Å²) in [5, 5.41) is 3.00. The minimum atomic E-state index is -0.222. The molecule has 0 saturated carbocycles. The predicted molar refractivity (Wildman–Crippen MR) is 153 cm³/mol. The molecule has 0 aliphatic rings. The van der Waals surface area contributed by atoms with Gasteiger partial charge in [0.05, 0.1) is 39.0 Å². The van der Waals surface area contributed by atoms with Gasteiger partial charge >= 0.3 is 0 Å². The number of carbonyl (C=O) groups is 1. The van der Waals surface area contributed by atoms with Crippen LogP contribution in [0.15, 0.2) is 54.6 Å². The molecule has 0 bridgehead atoms. The first kappa shape index (κ1) is 27.8. The number of para-hydroxylation sites is 2. The Hall–Kier alpha value is -4.20. The third kappa shape index (κ3) is 6.45. The SMILES string of the molecule is COc1cc(C(=O)NCCc2nc3ccccc3n2CCCCOc2cccc(C)c2C)cc(OC)c1OC. The Morgan fingerprint density at radius 1 is 0.897 bits per heavy atom. The fraction of sp³-hybridized carbons (Fsp3) is 0.355. The van der Waals surface area contributed by atoms with E-state index in [9.17, 15) is 4.79 Å². The molecule has 4 rings (SSSR count). The number of aromatic nitrogens is 2. The van der Waals surface area contributed by atoms with Gasteiger partial charge in [0, 0.05) is 25.1 Å². The second-order valence-corrected chi connectivity index (χ2v) is 9.34. The molecule has 0 radical (unpaired) electrons. The number of hydrogen-bond acceptors (Lipinski definition) is 6. The van der Waals surface area contributed by atoms with Crippen molar-refractivity contribution >= 4 is 16.9 Å². The van der Waals surface area contributed by atoms with Crippen LogP contribution in [0.5, 0.6) is 23.0 Å². The normalized spacial score (nSPS) is 10.9. The first-order chi connectivity index (χ1) is 19.0. The van der Waals surface area contributed by atoms with Gasteiger partial charge in [-0.1, -0.05) is 24.3 Å². The molecule has 0 unspecified atom stereocenters. The van der Waals surface area contributed by atoms with Gasteiger partial charge in [0.1, 0.15) is 11.6 Å². The Labute approximate surface area is 229 Å². The molecule has 1 N–H and O–H groups in total. The summed E-state index contributed by atoms with van der Waals surface area (Å²) in [6, 6.07) is 17.6. The quantitative estimate of drug-likeness (QED) is 0.229. The van der Waals surface area contributed by atoms with Crippen molar-refractivity contribution in [1.82, 2.24) is 14.9 Å². The number of ether oxygens (including phenoxy) is 4. The number of imidazole rings is 1. The predicted octanol–water partition coefficient (Wildman–Crippen LogP) is 5.51. The molecule has 0 aliphatic carbocycles. The molecule has 0 spiro atoms. The largest absolute Gasteiger partial charge is 0.493 e. The number of unbranched alkanes of at least 4 members (excludes halogenated alkanes) is 1. The minimum absolute atomic E-state index is 0.222. The minimum Gasteiger partial charge on any atom is -0.493 e. The van der Waals surface area contributed by atoms with Crippen LogP contribution in [0.4, 0.5) is 0 Å². The average molecular weight is 532 g/mol. The van der Waals surface area contributed by atoms with E-state index in [4.69, 9.17) is 23.9 Å². The molecule has 3 aromatic carbocycles.